The van der Waals surface area contributed by atoms with Gasteiger partial charge in [-0.3, -0.25) is 9.78 Å². The van der Waals surface area contributed by atoms with E-state index in [2.05, 4.69) is 59.5 Å². The fraction of sp³-hybridized carbons (Fsp3) is 0.333. The van der Waals surface area contributed by atoms with Gasteiger partial charge in [-0.25, -0.2) is 0 Å². The Labute approximate surface area is 163 Å². The minimum atomic E-state index is 0.148. The van der Waals surface area contributed by atoms with Crippen molar-refractivity contribution in [2.75, 3.05) is 18.5 Å². The lowest BCUT2D eigenvalue weighted by Gasteiger charge is -2.24. The number of nitrogens with zero attached hydrogens (tertiary/aromatic N) is 2. The Balaban J connectivity index is 0.00000105. The molecule has 0 saturated heterocycles. The van der Waals surface area contributed by atoms with Gasteiger partial charge in [0.1, 0.15) is 0 Å². The predicted molar refractivity (Wildman–Crippen MR) is 116 cm³/mol. The van der Waals surface area contributed by atoms with Crippen molar-refractivity contribution < 1.29 is 4.79 Å². The molecule has 0 bridgehead atoms. The number of aryl methyl sites for hydroxylation is 1. The first-order chi connectivity index (χ1) is 12.2. The molecule has 5 N–H and O–H groups in total. The minimum absolute atomic E-state index is 0.148. The number of hydrogen-bond donors (Lipinski definition) is 3. The number of anilines is 1. The van der Waals surface area contributed by atoms with Gasteiger partial charge in [0.2, 0.25) is 6.41 Å². The summed E-state index contributed by atoms with van der Waals surface area (Å²) >= 11 is 0. The second-order valence-corrected chi connectivity index (χ2v) is 9.28. The maximum absolute atomic E-state index is 8.58. The number of pyridine rings is 1. The van der Waals surface area contributed by atoms with Gasteiger partial charge in [0, 0.05) is 30.1 Å². The van der Waals surface area contributed by atoms with Crippen molar-refractivity contribution in [1.29, 1.82) is 0 Å². The van der Waals surface area contributed by atoms with Crippen LogP contribution in [-0.2, 0) is 11.8 Å². The lowest BCUT2D eigenvalue weighted by atomic mass is 10.2. The number of nitrogens with two attached hydrogens (primary N) is 2. The predicted octanol–water partition coefficient (Wildman–Crippen LogP) is 3.12. The number of carbonyl (C=O) groups is 1. The average molecular weight is 394 g/mol. The smallest absolute Gasteiger partial charge is 0.204 e. The van der Waals surface area contributed by atoms with Crippen LogP contribution < -0.4 is 16.8 Å². The largest absolute Gasteiger partial charge is 0.397 e. The zero-order valence-electron chi connectivity index (χ0n) is 15.7. The molecule has 0 aliphatic rings. The van der Waals surface area contributed by atoms with E-state index in [-0.39, 0.29) is 11.2 Å². The topological polar surface area (TPSA) is 99.0 Å². The highest BCUT2D eigenvalue weighted by Crippen LogP contribution is 2.33. The van der Waals surface area contributed by atoms with E-state index in [1.54, 1.807) is 17.0 Å². The van der Waals surface area contributed by atoms with Crippen LogP contribution in [0.15, 0.2) is 37.2 Å². The third-order valence-corrected chi connectivity index (χ3v) is 6.05. The van der Waals surface area contributed by atoms with Gasteiger partial charge in [-0.1, -0.05) is 28.2 Å². The van der Waals surface area contributed by atoms with Gasteiger partial charge in [-0.15, -0.1) is 0 Å². The van der Waals surface area contributed by atoms with Crippen LogP contribution in [0.25, 0.3) is 17.0 Å². The van der Waals surface area contributed by atoms with E-state index < -0.39 is 0 Å². The molecular formula is C18H27N5OS2. The molecule has 2 aromatic heterocycles. The van der Waals surface area contributed by atoms with E-state index in [1.165, 1.54) is 0 Å². The first-order valence-electron chi connectivity index (χ1n) is 7.92. The van der Waals surface area contributed by atoms with Gasteiger partial charge in [0.25, 0.3) is 0 Å². The summed E-state index contributed by atoms with van der Waals surface area (Å²) < 4.78 is 2.21. The van der Waals surface area contributed by atoms with Crippen LogP contribution in [0.5, 0.6) is 0 Å². The van der Waals surface area contributed by atoms with Crippen molar-refractivity contribution >= 4 is 39.4 Å². The molecule has 2 heterocycles. The Bertz CT molecular complexity index is 726. The molecular weight excluding hydrogens is 366 g/mol. The molecule has 6 nitrogen and oxygen atoms in total. The molecule has 0 aliphatic carbocycles. The summed E-state index contributed by atoms with van der Waals surface area (Å²) in [4.78, 5) is 13.0. The Kier molecular flexibility index (Phi) is 8.60. The number of amides is 1. The van der Waals surface area contributed by atoms with E-state index in [4.69, 9.17) is 10.5 Å². The summed E-state index contributed by atoms with van der Waals surface area (Å²) in [6, 6.07) is 5.90. The summed E-state index contributed by atoms with van der Waals surface area (Å²) in [5, 5.41) is 3.45. The van der Waals surface area contributed by atoms with Gasteiger partial charge in [0.15, 0.2) is 0 Å². The summed E-state index contributed by atoms with van der Waals surface area (Å²) in [6.07, 6.45) is 6.09. The van der Waals surface area contributed by atoms with Gasteiger partial charge in [-0.05, 0) is 38.3 Å². The van der Waals surface area contributed by atoms with Gasteiger partial charge < -0.3 is 21.4 Å². The van der Waals surface area contributed by atoms with Gasteiger partial charge >= 0.3 is 0 Å². The summed E-state index contributed by atoms with van der Waals surface area (Å²) in [5.74, 6) is 0. The molecule has 2 rings (SSSR count). The van der Waals surface area contributed by atoms with Crippen LogP contribution in [-0.4, -0.2) is 33.5 Å². The number of nitrogens with one attached hydrogen (secondary N) is 1. The average Bonchev–Trinajstić information content (AvgIpc) is 2.96. The lowest BCUT2D eigenvalue weighted by Crippen LogP contribution is -2.30. The van der Waals surface area contributed by atoms with Gasteiger partial charge in [-0.2, -0.15) is 0 Å². The zero-order chi connectivity index (χ0) is 19.7. The molecule has 8 heteroatoms. The molecule has 0 fully saturated rings. The van der Waals surface area contributed by atoms with E-state index in [0.717, 1.165) is 29.2 Å². The van der Waals surface area contributed by atoms with Crippen LogP contribution in [0.1, 0.15) is 19.5 Å². The molecule has 0 radical (unpaired) electrons. The summed E-state index contributed by atoms with van der Waals surface area (Å²) in [5.41, 5.74) is 14.5. The standard InChI is InChI=1S/C17H24N4S2.CH3NO/c1-12(20-11-17(2,3)23-22-5)16-8-13(10-21(16)4)15-7-6-14(18)9-19-15;2-1-3/h6-10,20H,1,11,18H2,2-5H3;1H,(H2,2,3). The normalized spacial score (nSPS) is 10.6. The fourth-order valence-electron chi connectivity index (χ4n) is 2.25. The first kappa shape index (κ1) is 22.0. The fourth-order valence-corrected chi connectivity index (χ4v) is 4.36. The molecule has 142 valence electrons. The molecule has 0 spiro atoms. The molecule has 1 amide bonds. The monoisotopic (exact) mass is 393 g/mol. The maximum atomic E-state index is 8.58. The molecule has 0 saturated carbocycles. The first-order valence-corrected chi connectivity index (χ1v) is 10.5. The van der Waals surface area contributed by atoms with Crippen LogP contribution in [0, 0.1) is 0 Å². The van der Waals surface area contributed by atoms with Crippen molar-refractivity contribution in [2.45, 2.75) is 18.6 Å². The number of nitrogen functional groups attached to an aromatic ring is 1. The second-order valence-electron chi connectivity index (χ2n) is 6.18. The van der Waals surface area contributed by atoms with E-state index >= 15 is 0 Å². The molecule has 2 aromatic rings. The van der Waals surface area contributed by atoms with Gasteiger partial charge in [0.05, 0.1) is 29.0 Å². The highest BCUT2D eigenvalue weighted by molar-refractivity contribution is 8.76. The Hall–Kier alpha value is -2.06. The zero-order valence-corrected chi connectivity index (χ0v) is 17.3. The Morgan fingerprint density at radius 1 is 1.46 bits per heavy atom. The third-order valence-electron chi connectivity index (χ3n) is 3.43. The van der Waals surface area contributed by atoms with Crippen molar-refractivity contribution in [3.05, 3.63) is 42.9 Å². The number of aromatic nitrogens is 2. The number of carbonyl (C=O) groups excluding carboxylic acids is 1. The highest BCUT2D eigenvalue weighted by Gasteiger charge is 2.19. The number of primary amides is 1. The molecule has 0 unspecified atom stereocenters. The quantitative estimate of drug-likeness (QED) is 0.494. The van der Waals surface area contributed by atoms with E-state index in [9.17, 15) is 0 Å². The molecule has 0 aromatic carbocycles. The Morgan fingerprint density at radius 2 is 2.12 bits per heavy atom. The summed E-state index contributed by atoms with van der Waals surface area (Å²) in [6.45, 7) is 9.49. The van der Waals surface area contributed by atoms with Crippen LogP contribution in [0.4, 0.5) is 5.69 Å². The molecule has 0 atom stereocenters. The number of rotatable bonds is 7. The van der Waals surface area contributed by atoms with Crippen molar-refractivity contribution in [2.24, 2.45) is 12.8 Å². The van der Waals surface area contributed by atoms with E-state index in [0.29, 0.717) is 5.69 Å². The number of hydrogen-bond acceptors (Lipinski definition) is 6. The second kappa shape index (κ2) is 10.2. The van der Waals surface area contributed by atoms with Crippen LogP contribution in [0.2, 0.25) is 0 Å². The van der Waals surface area contributed by atoms with Crippen molar-refractivity contribution in [3.8, 4) is 11.3 Å². The van der Waals surface area contributed by atoms with Crippen molar-refractivity contribution in [3.63, 3.8) is 0 Å². The maximum Gasteiger partial charge on any atom is 0.204 e. The van der Waals surface area contributed by atoms with Crippen LogP contribution in [0.3, 0.4) is 0 Å². The third kappa shape index (κ3) is 6.68. The van der Waals surface area contributed by atoms with Crippen molar-refractivity contribution in [1.82, 2.24) is 14.9 Å². The summed E-state index contributed by atoms with van der Waals surface area (Å²) in [7, 11) is 5.67. The SMILES string of the molecule is C=C(NCC(C)(C)SSC)c1cc(-c2ccc(N)cn2)cn1C.NC=O. The lowest BCUT2D eigenvalue weighted by molar-refractivity contribution is -0.106. The van der Waals surface area contributed by atoms with Crippen LogP contribution >= 0.6 is 21.6 Å². The molecule has 26 heavy (non-hydrogen) atoms. The highest BCUT2D eigenvalue weighted by atomic mass is 33.1. The molecule has 0 aliphatic heterocycles. The van der Waals surface area contributed by atoms with E-state index in [1.807, 2.05) is 30.0 Å². The Morgan fingerprint density at radius 3 is 2.65 bits per heavy atom. The minimum Gasteiger partial charge on any atom is -0.397 e.